The highest BCUT2D eigenvalue weighted by Gasteiger charge is 2.07. The predicted molar refractivity (Wildman–Crippen MR) is 43.3 cm³/mol. The number of carbonyl (C=O) groups excluding carboxylic acids is 1. The van der Waals surface area contributed by atoms with Gasteiger partial charge in [0.1, 0.15) is 0 Å². The Balaban J connectivity index is 2.27. The molecule has 0 radical (unpaired) electrons. The Morgan fingerprint density at radius 2 is 2.58 bits per heavy atom. The predicted octanol–water partition coefficient (Wildman–Crippen LogP) is -0.497. The molecule has 2 rings (SSSR count). The SMILES string of the molecule is O=Cc1cnn(C2=NCCN2)c1. The first-order chi connectivity index (χ1) is 5.90. The minimum atomic E-state index is 0.561. The van der Waals surface area contributed by atoms with Crippen LogP contribution >= 0.6 is 0 Å². The van der Waals surface area contributed by atoms with Crippen LogP contribution in [0.5, 0.6) is 0 Å². The smallest absolute Gasteiger partial charge is 0.219 e. The Morgan fingerprint density at radius 1 is 1.67 bits per heavy atom. The number of carbonyl (C=O) groups is 1. The average Bonchev–Trinajstić information content (AvgIpc) is 2.75. The summed E-state index contributed by atoms with van der Waals surface area (Å²) in [7, 11) is 0. The van der Waals surface area contributed by atoms with Crippen molar-refractivity contribution >= 4 is 12.2 Å². The molecule has 1 aromatic rings. The number of rotatable bonds is 1. The largest absolute Gasteiger partial charge is 0.353 e. The Bertz CT molecular complexity index is 328. The molecule has 0 atom stereocenters. The van der Waals surface area contributed by atoms with E-state index in [9.17, 15) is 4.79 Å². The zero-order valence-corrected chi connectivity index (χ0v) is 6.40. The molecule has 0 amide bonds. The lowest BCUT2D eigenvalue weighted by Crippen LogP contribution is -2.26. The van der Waals surface area contributed by atoms with Gasteiger partial charge in [-0.3, -0.25) is 4.79 Å². The first-order valence-electron chi connectivity index (χ1n) is 3.69. The molecule has 1 aromatic heterocycles. The normalized spacial score (nSPS) is 15.5. The summed E-state index contributed by atoms with van der Waals surface area (Å²) < 4.78 is 1.57. The molecule has 0 aliphatic carbocycles. The Kier molecular flexibility index (Phi) is 1.62. The van der Waals surface area contributed by atoms with Crippen LogP contribution < -0.4 is 5.32 Å². The third-order valence-electron chi connectivity index (χ3n) is 1.61. The molecule has 0 saturated heterocycles. The summed E-state index contributed by atoms with van der Waals surface area (Å²) in [6, 6.07) is 0. The van der Waals surface area contributed by atoms with Crippen molar-refractivity contribution in [2.24, 2.45) is 4.99 Å². The van der Waals surface area contributed by atoms with E-state index in [1.54, 1.807) is 10.9 Å². The molecule has 0 bridgehead atoms. The summed E-state index contributed by atoms with van der Waals surface area (Å²) in [4.78, 5) is 14.5. The van der Waals surface area contributed by atoms with Crippen LogP contribution in [0.25, 0.3) is 0 Å². The van der Waals surface area contributed by atoms with Crippen molar-refractivity contribution in [2.45, 2.75) is 0 Å². The standard InChI is InChI=1S/C7H8N4O/c12-5-6-3-10-11(4-6)7-8-1-2-9-7/h3-5H,1-2H2,(H,8,9). The fourth-order valence-electron chi connectivity index (χ4n) is 1.05. The molecule has 0 fully saturated rings. The van der Waals surface area contributed by atoms with E-state index >= 15 is 0 Å². The molecular formula is C7H8N4O. The van der Waals surface area contributed by atoms with Crippen molar-refractivity contribution in [3.8, 4) is 0 Å². The van der Waals surface area contributed by atoms with Crippen LogP contribution in [-0.2, 0) is 0 Å². The fourth-order valence-corrected chi connectivity index (χ4v) is 1.05. The maximum Gasteiger partial charge on any atom is 0.219 e. The van der Waals surface area contributed by atoms with Crippen LogP contribution in [0.2, 0.25) is 0 Å². The minimum absolute atomic E-state index is 0.561. The molecular weight excluding hydrogens is 156 g/mol. The maximum absolute atomic E-state index is 10.3. The van der Waals surface area contributed by atoms with E-state index in [1.165, 1.54) is 6.20 Å². The second kappa shape index (κ2) is 2.77. The first-order valence-corrected chi connectivity index (χ1v) is 3.69. The van der Waals surface area contributed by atoms with Gasteiger partial charge in [-0.25, -0.2) is 9.67 Å². The Morgan fingerprint density at radius 3 is 3.17 bits per heavy atom. The van der Waals surface area contributed by atoms with Gasteiger partial charge in [0.15, 0.2) is 6.29 Å². The first kappa shape index (κ1) is 7.02. The highest BCUT2D eigenvalue weighted by Crippen LogP contribution is 1.95. The van der Waals surface area contributed by atoms with Crippen molar-refractivity contribution in [1.29, 1.82) is 0 Å². The van der Waals surface area contributed by atoms with Crippen LogP contribution in [0.1, 0.15) is 10.4 Å². The number of aliphatic imine (C=N–C) groups is 1. The van der Waals surface area contributed by atoms with Crippen molar-refractivity contribution in [3.63, 3.8) is 0 Å². The van der Waals surface area contributed by atoms with Gasteiger partial charge in [-0.2, -0.15) is 5.10 Å². The van der Waals surface area contributed by atoms with Gasteiger partial charge in [-0.15, -0.1) is 0 Å². The molecule has 12 heavy (non-hydrogen) atoms. The molecule has 0 unspecified atom stereocenters. The number of aromatic nitrogens is 2. The summed E-state index contributed by atoms with van der Waals surface area (Å²) >= 11 is 0. The van der Waals surface area contributed by atoms with Crippen LogP contribution in [0.3, 0.4) is 0 Å². The van der Waals surface area contributed by atoms with Crippen LogP contribution in [0, 0.1) is 0 Å². The van der Waals surface area contributed by atoms with E-state index in [-0.39, 0.29) is 0 Å². The van der Waals surface area contributed by atoms with Crippen LogP contribution in [-0.4, -0.2) is 35.1 Å². The van der Waals surface area contributed by atoms with Gasteiger partial charge < -0.3 is 5.32 Å². The van der Waals surface area contributed by atoms with Crippen molar-refractivity contribution < 1.29 is 4.79 Å². The molecule has 5 nitrogen and oxygen atoms in total. The van der Waals surface area contributed by atoms with Crippen molar-refractivity contribution in [1.82, 2.24) is 15.1 Å². The van der Waals surface area contributed by atoms with E-state index in [4.69, 9.17) is 0 Å². The summed E-state index contributed by atoms with van der Waals surface area (Å²) in [5, 5.41) is 7.01. The maximum atomic E-state index is 10.3. The van der Waals surface area contributed by atoms with E-state index in [1.807, 2.05) is 0 Å². The lowest BCUT2D eigenvalue weighted by atomic mass is 10.4. The lowest BCUT2D eigenvalue weighted by Gasteiger charge is -1.98. The fraction of sp³-hybridized carbons (Fsp3) is 0.286. The highest BCUT2D eigenvalue weighted by molar-refractivity contribution is 5.84. The Hall–Kier alpha value is -1.65. The van der Waals surface area contributed by atoms with E-state index in [2.05, 4.69) is 15.4 Å². The number of hydrogen-bond donors (Lipinski definition) is 1. The molecule has 1 N–H and O–H groups in total. The minimum Gasteiger partial charge on any atom is -0.353 e. The van der Waals surface area contributed by atoms with E-state index in [0.29, 0.717) is 11.5 Å². The van der Waals surface area contributed by atoms with Gasteiger partial charge in [0.2, 0.25) is 5.96 Å². The van der Waals surface area contributed by atoms with Gasteiger partial charge in [-0.1, -0.05) is 0 Å². The molecule has 62 valence electrons. The van der Waals surface area contributed by atoms with Crippen molar-refractivity contribution in [3.05, 3.63) is 18.0 Å². The van der Waals surface area contributed by atoms with Crippen LogP contribution in [0.4, 0.5) is 0 Å². The van der Waals surface area contributed by atoms with Gasteiger partial charge in [-0.05, 0) is 0 Å². The van der Waals surface area contributed by atoms with Gasteiger partial charge in [0.05, 0.1) is 18.3 Å². The molecule has 5 heteroatoms. The third-order valence-corrected chi connectivity index (χ3v) is 1.61. The summed E-state index contributed by atoms with van der Waals surface area (Å²) in [6.45, 7) is 1.61. The molecule has 1 aliphatic rings. The zero-order valence-electron chi connectivity index (χ0n) is 6.40. The number of aldehydes is 1. The summed E-state index contributed by atoms with van der Waals surface area (Å²) in [5.74, 6) is 0.711. The van der Waals surface area contributed by atoms with Gasteiger partial charge >= 0.3 is 0 Å². The Labute approximate surface area is 69.1 Å². The lowest BCUT2D eigenvalue weighted by molar-refractivity contribution is 0.112. The number of nitrogens with zero attached hydrogens (tertiary/aromatic N) is 3. The van der Waals surface area contributed by atoms with E-state index in [0.717, 1.165) is 19.4 Å². The second-order valence-electron chi connectivity index (χ2n) is 2.47. The summed E-state index contributed by atoms with van der Waals surface area (Å²) in [5.41, 5.74) is 0.561. The van der Waals surface area contributed by atoms with Crippen molar-refractivity contribution in [2.75, 3.05) is 13.1 Å². The molecule has 2 heterocycles. The molecule has 0 aromatic carbocycles. The average molecular weight is 164 g/mol. The zero-order chi connectivity index (χ0) is 8.39. The second-order valence-corrected chi connectivity index (χ2v) is 2.47. The van der Waals surface area contributed by atoms with Gasteiger partial charge in [0, 0.05) is 12.7 Å². The molecule has 0 spiro atoms. The van der Waals surface area contributed by atoms with Gasteiger partial charge in [0.25, 0.3) is 0 Å². The van der Waals surface area contributed by atoms with Crippen LogP contribution in [0.15, 0.2) is 17.4 Å². The van der Waals surface area contributed by atoms with E-state index < -0.39 is 0 Å². The number of hydrogen-bond acceptors (Lipinski definition) is 4. The monoisotopic (exact) mass is 164 g/mol. The quantitative estimate of drug-likeness (QED) is 0.569. The third kappa shape index (κ3) is 1.09. The highest BCUT2D eigenvalue weighted by atomic mass is 16.1. The molecule has 0 saturated carbocycles. The topological polar surface area (TPSA) is 59.3 Å². The number of nitrogens with one attached hydrogen (secondary N) is 1. The molecule has 1 aliphatic heterocycles. The summed E-state index contributed by atoms with van der Waals surface area (Å²) in [6.07, 6.45) is 3.92.